The van der Waals surface area contributed by atoms with Gasteiger partial charge in [0.2, 0.25) is 5.78 Å². The number of sulfonamides is 1. The maximum Gasteiger partial charge on any atom is 0.261 e. The van der Waals surface area contributed by atoms with Crippen LogP contribution in [-0.2, 0) is 10.0 Å². The molecule has 0 bridgehead atoms. The lowest BCUT2D eigenvalue weighted by atomic mass is 10.1. The van der Waals surface area contributed by atoms with Gasteiger partial charge in [-0.1, -0.05) is 34.8 Å². The molecule has 0 radical (unpaired) electrons. The second kappa shape index (κ2) is 8.05. The topological polar surface area (TPSA) is 89.0 Å². The van der Waals surface area contributed by atoms with E-state index >= 15 is 0 Å². The molecule has 0 atom stereocenters. The molecule has 0 fully saturated rings. The van der Waals surface area contributed by atoms with Crippen LogP contribution in [0.15, 0.2) is 53.7 Å². The van der Waals surface area contributed by atoms with Crippen LogP contribution in [0.25, 0.3) is 0 Å². The summed E-state index contributed by atoms with van der Waals surface area (Å²) >= 11 is 17.9. The van der Waals surface area contributed by atoms with Crippen molar-refractivity contribution in [2.24, 2.45) is 0 Å². The largest absolute Gasteiger partial charge is 0.287 e. The van der Waals surface area contributed by atoms with Crippen LogP contribution in [0.2, 0.25) is 15.2 Å². The van der Waals surface area contributed by atoms with Crippen molar-refractivity contribution in [3.63, 3.8) is 0 Å². The van der Waals surface area contributed by atoms with E-state index in [4.69, 9.17) is 34.8 Å². The molecule has 144 valence electrons. The molecule has 0 unspecified atom stereocenters. The van der Waals surface area contributed by atoms with Crippen LogP contribution >= 0.6 is 34.8 Å². The van der Waals surface area contributed by atoms with Crippen molar-refractivity contribution in [3.8, 4) is 0 Å². The lowest BCUT2D eigenvalue weighted by Gasteiger charge is -2.13. The summed E-state index contributed by atoms with van der Waals surface area (Å²) in [4.78, 5) is 20.7. The van der Waals surface area contributed by atoms with Crippen molar-refractivity contribution in [2.45, 2.75) is 11.8 Å². The molecule has 1 aromatic carbocycles. The van der Waals surface area contributed by atoms with Gasteiger partial charge >= 0.3 is 0 Å². The second-order valence-corrected chi connectivity index (χ2v) is 8.62. The lowest BCUT2D eigenvalue weighted by Crippen LogP contribution is -2.17. The van der Waals surface area contributed by atoms with Gasteiger partial charge in [0.15, 0.2) is 0 Å². The molecule has 0 aliphatic rings. The molecule has 0 saturated heterocycles. The standard InChI is InChI=1S/C18H12Cl3N3O3S/c1-10-7-12(4-5-14(10)20)28(26,27)24-15-8-11(19)9-23-16(15)17(25)13-3-2-6-22-18(13)21/h2-9,24H,1H3. The quantitative estimate of drug-likeness (QED) is 0.441. The Labute approximate surface area is 176 Å². The summed E-state index contributed by atoms with van der Waals surface area (Å²) in [5, 5.41) is 0.565. The highest BCUT2D eigenvalue weighted by Crippen LogP contribution is 2.27. The van der Waals surface area contributed by atoms with Crippen molar-refractivity contribution in [3.05, 3.63) is 80.8 Å². The summed E-state index contributed by atoms with van der Waals surface area (Å²) < 4.78 is 27.9. The number of hydrogen-bond donors (Lipinski definition) is 1. The fraction of sp³-hybridized carbons (Fsp3) is 0.0556. The van der Waals surface area contributed by atoms with E-state index in [9.17, 15) is 13.2 Å². The van der Waals surface area contributed by atoms with E-state index in [-0.39, 0.29) is 32.0 Å². The van der Waals surface area contributed by atoms with Gasteiger partial charge in [-0.3, -0.25) is 9.52 Å². The number of pyridine rings is 2. The number of carbonyl (C=O) groups excluding carboxylic acids is 1. The number of carbonyl (C=O) groups is 1. The van der Waals surface area contributed by atoms with Crippen molar-refractivity contribution in [2.75, 3.05) is 4.72 Å². The Morgan fingerprint density at radius 2 is 1.82 bits per heavy atom. The zero-order valence-electron chi connectivity index (χ0n) is 14.3. The van der Waals surface area contributed by atoms with E-state index in [0.29, 0.717) is 10.6 Å². The third-order valence-electron chi connectivity index (χ3n) is 3.76. The molecule has 0 saturated carbocycles. The molecule has 0 spiro atoms. The van der Waals surface area contributed by atoms with Crippen LogP contribution in [0.3, 0.4) is 0 Å². The number of rotatable bonds is 5. The molecule has 10 heteroatoms. The average Bonchev–Trinajstić information content (AvgIpc) is 2.63. The summed E-state index contributed by atoms with van der Waals surface area (Å²) in [6, 6.07) is 8.55. The molecule has 0 amide bonds. The van der Waals surface area contributed by atoms with Gasteiger partial charge in [-0.05, 0) is 48.9 Å². The molecular formula is C18H12Cl3N3O3S. The highest BCUT2D eigenvalue weighted by Gasteiger charge is 2.23. The van der Waals surface area contributed by atoms with Crippen LogP contribution < -0.4 is 4.72 Å². The van der Waals surface area contributed by atoms with Crippen LogP contribution in [0, 0.1) is 6.92 Å². The van der Waals surface area contributed by atoms with Crippen LogP contribution in [-0.4, -0.2) is 24.2 Å². The fourth-order valence-corrected chi connectivity index (χ4v) is 3.99. The number of nitrogens with one attached hydrogen (secondary N) is 1. The van der Waals surface area contributed by atoms with Crippen LogP contribution in [0.5, 0.6) is 0 Å². The van der Waals surface area contributed by atoms with Gasteiger partial charge in [0, 0.05) is 17.4 Å². The first-order valence-corrected chi connectivity index (χ1v) is 10.4. The van der Waals surface area contributed by atoms with Crippen LogP contribution in [0.4, 0.5) is 5.69 Å². The van der Waals surface area contributed by atoms with E-state index in [1.165, 1.54) is 48.8 Å². The molecule has 0 aliphatic carbocycles. The maximum absolute atomic E-state index is 12.8. The number of aromatic nitrogens is 2. The smallest absolute Gasteiger partial charge is 0.261 e. The minimum Gasteiger partial charge on any atom is -0.287 e. The third kappa shape index (κ3) is 4.28. The zero-order valence-corrected chi connectivity index (χ0v) is 17.4. The van der Waals surface area contributed by atoms with Crippen molar-refractivity contribution >= 4 is 56.3 Å². The molecule has 2 aromatic heterocycles. The first-order chi connectivity index (χ1) is 13.2. The number of aryl methyl sites for hydroxylation is 1. The van der Waals surface area contributed by atoms with Gasteiger partial charge in [-0.15, -0.1) is 0 Å². The number of ketones is 1. The van der Waals surface area contributed by atoms with Gasteiger partial charge in [0.25, 0.3) is 10.0 Å². The van der Waals surface area contributed by atoms with Crippen molar-refractivity contribution < 1.29 is 13.2 Å². The highest BCUT2D eigenvalue weighted by atomic mass is 35.5. The van der Waals surface area contributed by atoms with Crippen molar-refractivity contribution in [1.82, 2.24) is 9.97 Å². The molecule has 1 N–H and O–H groups in total. The first kappa shape index (κ1) is 20.5. The maximum atomic E-state index is 12.8. The monoisotopic (exact) mass is 455 g/mol. The molecule has 28 heavy (non-hydrogen) atoms. The Kier molecular flexibility index (Phi) is 5.90. The Bertz CT molecular complexity index is 1180. The third-order valence-corrected chi connectivity index (χ3v) is 6.05. The van der Waals surface area contributed by atoms with Crippen molar-refractivity contribution in [1.29, 1.82) is 0 Å². The average molecular weight is 457 g/mol. The number of halogens is 3. The second-order valence-electron chi connectivity index (χ2n) is 5.74. The Balaban J connectivity index is 2.05. The molecular weight excluding hydrogens is 445 g/mol. The van der Waals surface area contributed by atoms with Gasteiger partial charge in [-0.2, -0.15) is 0 Å². The highest BCUT2D eigenvalue weighted by molar-refractivity contribution is 7.92. The number of benzene rings is 1. The zero-order chi connectivity index (χ0) is 20.5. The Hall–Kier alpha value is -2.19. The van der Waals surface area contributed by atoms with Gasteiger partial charge in [0.1, 0.15) is 10.8 Å². The number of hydrogen-bond acceptors (Lipinski definition) is 5. The number of anilines is 1. The van der Waals surface area contributed by atoms with Gasteiger partial charge in [-0.25, -0.2) is 18.4 Å². The van der Waals surface area contributed by atoms with E-state index in [1.807, 2.05) is 0 Å². The Morgan fingerprint density at radius 1 is 1.07 bits per heavy atom. The SMILES string of the molecule is Cc1cc(S(=O)(=O)Nc2cc(Cl)cnc2C(=O)c2cccnc2Cl)ccc1Cl. The number of nitrogens with zero attached hydrogens (tertiary/aromatic N) is 2. The van der Waals surface area contributed by atoms with Gasteiger partial charge in [0.05, 0.1) is 21.2 Å². The summed E-state index contributed by atoms with van der Waals surface area (Å²) in [6.07, 6.45) is 2.67. The minimum atomic E-state index is -4.03. The molecule has 3 rings (SSSR count). The van der Waals surface area contributed by atoms with Gasteiger partial charge < -0.3 is 0 Å². The minimum absolute atomic E-state index is 0.0211. The fourth-order valence-electron chi connectivity index (χ4n) is 2.37. The normalized spacial score (nSPS) is 11.3. The summed E-state index contributed by atoms with van der Waals surface area (Å²) in [6.45, 7) is 1.68. The molecule has 0 aliphatic heterocycles. The predicted octanol–water partition coefficient (Wildman–Crippen LogP) is 4.78. The summed E-state index contributed by atoms with van der Waals surface area (Å²) in [7, 11) is -4.03. The predicted molar refractivity (Wildman–Crippen MR) is 109 cm³/mol. The van der Waals surface area contributed by atoms with E-state index in [2.05, 4.69) is 14.7 Å². The molecule has 6 nitrogen and oxygen atoms in total. The van der Waals surface area contributed by atoms with E-state index in [1.54, 1.807) is 6.92 Å². The summed E-state index contributed by atoms with van der Waals surface area (Å²) in [5.74, 6) is -0.597. The van der Waals surface area contributed by atoms with Crippen LogP contribution in [0.1, 0.15) is 21.6 Å². The van der Waals surface area contributed by atoms with E-state index in [0.717, 1.165) is 0 Å². The summed E-state index contributed by atoms with van der Waals surface area (Å²) in [5.41, 5.74) is 0.438. The molecule has 2 heterocycles. The first-order valence-electron chi connectivity index (χ1n) is 7.79. The van der Waals surface area contributed by atoms with E-state index < -0.39 is 15.8 Å². The Morgan fingerprint density at radius 3 is 2.50 bits per heavy atom. The lowest BCUT2D eigenvalue weighted by molar-refractivity contribution is 0.103. The molecule has 3 aromatic rings.